The van der Waals surface area contributed by atoms with Crippen molar-refractivity contribution in [3.05, 3.63) is 23.4 Å². The smallest absolute Gasteiger partial charge is 0.221 e. The number of ketones is 2. The van der Waals surface area contributed by atoms with Crippen LogP contribution in [0, 0.1) is 28.6 Å². The van der Waals surface area contributed by atoms with Crippen LogP contribution < -0.4 is 5.32 Å². The summed E-state index contributed by atoms with van der Waals surface area (Å²) in [6.07, 6.45) is 9.34. The molecular weight excluding hydrogens is 314 g/mol. The molecular formula is C21H27NO3. The predicted molar refractivity (Wildman–Crippen MR) is 94.4 cm³/mol. The molecule has 0 aliphatic heterocycles. The Hall–Kier alpha value is -1.71. The molecule has 2 saturated carbocycles. The lowest BCUT2D eigenvalue weighted by Gasteiger charge is -2.54. The Morgan fingerprint density at radius 1 is 1.08 bits per heavy atom. The standard InChI is InChI=1S/C21H27NO3/c1-12(23)22-19-16-5-4-13-14-6-7-18(25)21(14,3)10-8-15(13)20(16,2)11-9-17(19)24/h4-5,13-15H,6-11H2,1-3H3,(H,22,23)/t13-,14-,15+,20+,21-/m0/s1. The summed E-state index contributed by atoms with van der Waals surface area (Å²) < 4.78 is 0. The second kappa shape index (κ2) is 5.39. The fourth-order valence-electron chi connectivity index (χ4n) is 6.23. The van der Waals surface area contributed by atoms with Gasteiger partial charge >= 0.3 is 0 Å². The molecule has 4 rings (SSSR count). The molecule has 1 amide bonds. The van der Waals surface area contributed by atoms with E-state index in [1.54, 1.807) is 0 Å². The first kappa shape index (κ1) is 16.7. The highest BCUT2D eigenvalue weighted by atomic mass is 16.2. The van der Waals surface area contributed by atoms with Gasteiger partial charge in [0, 0.05) is 25.2 Å². The maximum Gasteiger partial charge on any atom is 0.221 e. The van der Waals surface area contributed by atoms with Crippen molar-refractivity contribution in [2.24, 2.45) is 28.6 Å². The van der Waals surface area contributed by atoms with Crippen LogP contribution in [0.4, 0.5) is 0 Å². The second-order valence-corrected chi connectivity index (χ2v) is 8.88. The summed E-state index contributed by atoms with van der Waals surface area (Å²) >= 11 is 0. The van der Waals surface area contributed by atoms with E-state index >= 15 is 0 Å². The van der Waals surface area contributed by atoms with E-state index in [1.165, 1.54) is 6.92 Å². The molecule has 0 radical (unpaired) electrons. The summed E-state index contributed by atoms with van der Waals surface area (Å²) in [5, 5.41) is 2.80. The van der Waals surface area contributed by atoms with Crippen molar-refractivity contribution in [2.75, 3.05) is 0 Å². The molecule has 4 aliphatic carbocycles. The minimum Gasteiger partial charge on any atom is -0.323 e. The van der Waals surface area contributed by atoms with Gasteiger partial charge in [0.25, 0.3) is 0 Å². The summed E-state index contributed by atoms with van der Waals surface area (Å²) in [5.41, 5.74) is 1.27. The summed E-state index contributed by atoms with van der Waals surface area (Å²) in [5.74, 6) is 1.58. The maximum absolute atomic E-state index is 12.5. The van der Waals surface area contributed by atoms with E-state index < -0.39 is 0 Å². The number of carbonyl (C=O) groups is 3. The molecule has 0 aromatic heterocycles. The normalized spacial score (nSPS) is 42.8. The van der Waals surface area contributed by atoms with Crippen LogP contribution in [-0.4, -0.2) is 17.5 Å². The molecule has 0 aromatic rings. The molecule has 0 heterocycles. The molecule has 0 unspecified atom stereocenters. The molecule has 4 heteroatoms. The average molecular weight is 341 g/mol. The van der Waals surface area contributed by atoms with Crippen LogP contribution in [0.1, 0.15) is 59.3 Å². The first-order valence-corrected chi connectivity index (χ1v) is 9.54. The topological polar surface area (TPSA) is 63.2 Å². The van der Waals surface area contributed by atoms with Gasteiger partial charge in [0.1, 0.15) is 5.78 Å². The zero-order valence-electron chi connectivity index (χ0n) is 15.4. The second-order valence-electron chi connectivity index (χ2n) is 8.88. The zero-order chi connectivity index (χ0) is 18.0. The number of hydrogen-bond donors (Lipinski definition) is 1. The number of rotatable bonds is 1. The Balaban J connectivity index is 1.79. The van der Waals surface area contributed by atoms with Gasteiger partial charge < -0.3 is 5.32 Å². The van der Waals surface area contributed by atoms with Crippen LogP contribution in [-0.2, 0) is 14.4 Å². The van der Waals surface area contributed by atoms with Gasteiger partial charge in [-0.2, -0.15) is 0 Å². The summed E-state index contributed by atoms with van der Waals surface area (Å²) in [6.45, 7) is 5.88. The Morgan fingerprint density at radius 3 is 2.52 bits per heavy atom. The lowest BCUT2D eigenvalue weighted by molar-refractivity contribution is -0.130. The van der Waals surface area contributed by atoms with Gasteiger partial charge in [0.2, 0.25) is 5.91 Å². The molecule has 0 bridgehead atoms. The number of fused-ring (bicyclic) bond motifs is 5. The van der Waals surface area contributed by atoms with Gasteiger partial charge in [0.05, 0.1) is 5.70 Å². The molecule has 4 nitrogen and oxygen atoms in total. The van der Waals surface area contributed by atoms with Crippen molar-refractivity contribution < 1.29 is 14.4 Å². The molecule has 0 spiro atoms. The molecule has 1 N–H and O–H groups in total. The largest absolute Gasteiger partial charge is 0.323 e. The Labute approximate surface area is 149 Å². The quantitative estimate of drug-likeness (QED) is 0.796. The Bertz CT molecular complexity index is 733. The Kier molecular flexibility index (Phi) is 3.61. The highest BCUT2D eigenvalue weighted by molar-refractivity contribution is 6.01. The van der Waals surface area contributed by atoms with Crippen molar-refractivity contribution in [2.45, 2.75) is 59.3 Å². The summed E-state index contributed by atoms with van der Waals surface area (Å²) in [7, 11) is 0. The van der Waals surface area contributed by atoms with Crippen molar-refractivity contribution in [1.82, 2.24) is 5.32 Å². The summed E-state index contributed by atoms with van der Waals surface area (Å²) in [4.78, 5) is 36.5. The zero-order valence-corrected chi connectivity index (χ0v) is 15.4. The van der Waals surface area contributed by atoms with Crippen molar-refractivity contribution >= 4 is 17.5 Å². The lowest BCUT2D eigenvalue weighted by Crippen LogP contribution is -2.50. The maximum atomic E-state index is 12.5. The fourth-order valence-corrected chi connectivity index (χ4v) is 6.23. The van der Waals surface area contributed by atoms with E-state index in [2.05, 4.69) is 31.3 Å². The van der Waals surface area contributed by atoms with Crippen LogP contribution in [0.25, 0.3) is 0 Å². The van der Waals surface area contributed by atoms with Gasteiger partial charge in [-0.3, -0.25) is 14.4 Å². The third kappa shape index (κ3) is 2.22. The predicted octanol–water partition coefficient (Wildman–Crippen LogP) is 3.33. The van der Waals surface area contributed by atoms with Crippen LogP contribution in [0.5, 0.6) is 0 Å². The summed E-state index contributed by atoms with van der Waals surface area (Å²) in [6, 6.07) is 0. The first-order chi connectivity index (χ1) is 11.8. The molecule has 5 atom stereocenters. The Morgan fingerprint density at radius 2 is 1.80 bits per heavy atom. The van der Waals surface area contributed by atoms with Crippen LogP contribution in [0.15, 0.2) is 23.4 Å². The van der Waals surface area contributed by atoms with E-state index in [0.717, 1.165) is 31.3 Å². The van der Waals surface area contributed by atoms with Gasteiger partial charge in [-0.25, -0.2) is 0 Å². The number of hydrogen-bond acceptors (Lipinski definition) is 3. The van der Waals surface area contributed by atoms with Crippen molar-refractivity contribution in [3.8, 4) is 0 Å². The average Bonchev–Trinajstić information content (AvgIpc) is 2.86. The van der Waals surface area contributed by atoms with Gasteiger partial charge in [-0.05, 0) is 54.4 Å². The van der Waals surface area contributed by atoms with E-state index in [9.17, 15) is 14.4 Å². The molecule has 4 aliphatic rings. The van der Waals surface area contributed by atoms with Gasteiger partial charge in [-0.15, -0.1) is 0 Å². The van der Waals surface area contributed by atoms with Gasteiger partial charge in [0.15, 0.2) is 5.78 Å². The molecule has 25 heavy (non-hydrogen) atoms. The number of allylic oxidation sites excluding steroid dienone is 4. The molecule has 0 saturated heterocycles. The third-order valence-electron chi connectivity index (χ3n) is 7.68. The number of carbonyl (C=O) groups excluding carboxylic acids is 3. The lowest BCUT2D eigenvalue weighted by atomic mass is 9.49. The van der Waals surface area contributed by atoms with Crippen LogP contribution in [0.2, 0.25) is 0 Å². The SMILES string of the molecule is CC(=O)NC1=C2C=C[C@@H]3[C@@H](CC[C@]4(C)C(=O)CC[C@@H]34)[C@@]2(C)CCC1=O. The van der Waals surface area contributed by atoms with Crippen molar-refractivity contribution in [3.63, 3.8) is 0 Å². The van der Waals surface area contributed by atoms with Gasteiger partial charge in [-0.1, -0.05) is 26.0 Å². The number of nitrogens with one attached hydrogen (secondary N) is 1. The minimum atomic E-state index is -0.187. The van der Waals surface area contributed by atoms with Crippen LogP contribution in [0.3, 0.4) is 0 Å². The van der Waals surface area contributed by atoms with E-state index in [4.69, 9.17) is 0 Å². The number of Topliss-reactive ketones (excluding diaryl/α,β-unsaturated/α-hetero) is 2. The van der Waals surface area contributed by atoms with E-state index in [-0.39, 0.29) is 22.5 Å². The molecule has 2 fully saturated rings. The molecule has 0 aromatic carbocycles. The van der Waals surface area contributed by atoms with Crippen LogP contribution >= 0.6 is 0 Å². The minimum absolute atomic E-state index is 0.0440. The first-order valence-electron chi connectivity index (χ1n) is 9.54. The highest BCUT2D eigenvalue weighted by Gasteiger charge is 2.58. The highest BCUT2D eigenvalue weighted by Crippen LogP contribution is 2.62. The van der Waals surface area contributed by atoms with E-state index in [1.807, 2.05) is 0 Å². The fraction of sp³-hybridized carbons (Fsp3) is 0.667. The van der Waals surface area contributed by atoms with Crippen molar-refractivity contribution in [1.29, 1.82) is 0 Å². The monoisotopic (exact) mass is 341 g/mol. The molecule has 134 valence electrons. The number of amides is 1. The van der Waals surface area contributed by atoms with E-state index in [0.29, 0.717) is 42.1 Å². The third-order valence-corrected chi connectivity index (χ3v) is 7.68.